The zero-order valence-electron chi connectivity index (χ0n) is 13.1. The van der Waals surface area contributed by atoms with Crippen LogP contribution in [0.1, 0.15) is 13.8 Å². The summed E-state index contributed by atoms with van der Waals surface area (Å²) < 4.78 is 11.0. The van der Waals surface area contributed by atoms with Gasteiger partial charge >= 0.3 is 7.60 Å². The largest absolute Gasteiger partial charge is 0.394 e. The Hall–Kier alpha value is -1.52. The molecule has 3 amide bonds. The number of carbonyl (C=O) groups excluding carboxylic acids is 3. The van der Waals surface area contributed by atoms with Crippen molar-refractivity contribution in [2.75, 3.05) is 20.2 Å². The minimum atomic E-state index is -4.48. The molecule has 0 aromatic rings. The molecule has 0 heterocycles. The van der Waals surface area contributed by atoms with Crippen LogP contribution >= 0.6 is 7.60 Å². The fourth-order valence-electron chi connectivity index (χ4n) is 1.39. The van der Waals surface area contributed by atoms with Gasteiger partial charge in [0.25, 0.3) is 0 Å². The van der Waals surface area contributed by atoms with Crippen LogP contribution in [0.4, 0.5) is 0 Å². The number of rotatable bonds is 9. The monoisotopic (exact) mass is 354 g/mol. The molecule has 3 atom stereocenters. The van der Waals surface area contributed by atoms with Crippen molar-refractivity contribution < 1.29 is 33.8 Å². The first-order valence-electron chi connectivity index (χ1n) is 6.73. The smallest absolute Gasteiger partial charge is 0.347 e. The Balaban J connectivity index is 4.59. The molecule has 0 saturated carbocycles. The summed E-state index contributed by atoms with van der Waals surface area (Å²) in [6.07, 6.45) is 0. The van der Waals surface area contributed by atoms with E-state index in [1.807, 2.05) is 0 Å². The van der Waals surface area contributed by atoms with Gasteiger partial charge < -0.3 is 36.2 Å². The van der Waals surface area contributed by atoms with E-state index in [4.69, 9.17) is 14.9 Å². The predicted molar refractivity (Wildman–Crippen MR) is 80.2 cm³/mol. The van der Waals surface area contributed by atoms with E-state index in [0.717, 1.165) is 6.92 Å². The standard InChI is InChI=1S/C11H23N4O7P/c1-6(10(18)14-7(2)23(20,21)22)13-11(19)8(5-16)15-9(17)4-12-3/h6-8,12,16H,4-5H2,1-3H3,(H,13,19)(H,14,18)(H,15,17)(H2,20,21,22)/t6-,7+,8-/m0/s1. The van der Waals surface area contributed by atoms with Crippen LogP contribution in [0.25, 0.3) is 0 Å². The third-order valence-electron chi connectivity index (χ3n) is 2.78. The van der Waals surface area contributed by atoms with Gasteiger partial charge in [-0.15, -0.1) is 0 Å². The molecule has 7 N–H and O–H groups in total. The van der Waals surface area contributed by atoms with Crippen LogP contribution in [-0.2, 0) is 18.9 Å². The highest BCUT2D eigenvalue weighted by Gasteiger charge is 2.29. The van der Waals surface area contributed by atoms with E-state index < -0.39 is 49.8 Å². The normalized spacial score (nSPS) is 15.2. The van der Waals surface area contributed by atoms with Crippen molar-refractivity contribution in [1.82, 2.24) is 21.3 Å². The van der Waals surface area contributed by atoms with Crippen LogP contribution in [0.15, 0.2) is 0 Å². The van der Waals surface area contributed by atoms with Gasteiger partial charge in [0, 0.05) is 0 Å². The first-order valence-corrected chi connectivity index (χ1v) is 8.41. The van der Waals surface area contributed by atoms with Crippen molar-refractivity contribution in [2.45, 2.75) is 31.7 Å². The Morgan fingerprint density at radius 1 is 1.04 bits per heavy atom. The highest BCUT2D eigenvalue weighted by atomic mass is 31.2. The first-order chi connectivity index (χ1) is 10.5. The molecule has 0 unspecified atom stereocenters. The van der Waals surface area contributed by atoms with E-state index >= 15 is 0 Å². The summed E-state index contributed by atoms with van der Waals surface area (Å²) in [5.74, 6) is -3.54. The molecular formula is C11H23N4O7P. The molecule has 0 radical (unpaired) electrons. The third-order valence-corrected chi connectivity index (χ3v) is 3.92. The first kappa shape index (κ1) is 21.5. The lowest BCUT2D eigenvalue weighted by atomic mass is 10.2. The number of amides is 3. The maximum absolute atomic E-state index is 11.9. The zero-order chi connectivity index (χ0) is 18.2. The van der Waals surface area contributed by atoms with E-state index in [0.29, 0.717) is 0 Å². The van der Waals surface area contributed by atoms with Crippen molar-refractivity contribution in [1.29, 1.82) is 0 Å². The molecule has 0 fully saturated rings. The summed E-state index contributed by atoms with van der Waals surface area (Å²) in [5, 5.41) is 18.2. The summed E-state index contributed by atoms with van der Waals surface area (Å²) >= 11 is 0. The van der Waals surface area contributed by atoms with Gasteiger partial charge in [0.1, 0.15) is 17.9 Å². The molecule has 0 aromatic heterocycles. The number of carbonyl (C=O) groups is 3. The van der Waals surface area contributed by atoms with Crippen molar-refractivity contribution in [3.63, 3.8) is 0 Å². The van der Waals surface area contributed by atoms with Crippen LogP contribution < -0.4 is 21.3 Å². The van der Waals surface area contributed by atoms with Crippen LogP contribution in [0.3, 0.4) is 0 Å². The van der Waals surface area contributed by atoms with E-state index in [1.165, 1.54) is 14.0 Å². The zero-order valence-corrected chi connectivity index (χ0v) is 14.0. The number of nitrogens with one attached hydrogen (secondary N) is 4. The summed E-state index contributed by atoms with van der Waals surface area (Å²) in [4.78, 5) is 52.8. The van der Waals surface area contributed by atoms with Gasteiger partial charge in [0.05, 0.1) is 13.2 Å². The predicted octanol–water partition coefficient (Wildman–Crippen LogP) is -3.17. The fourth-order valence-corrected chi connectivity index (χ4v) is 1.69. The molecule has 0 aliphatic rings. The average molecular weight is 354 g/mol. The minimum absolute atomic E-state index is 0.0559. The van der Waals surface area contributed by atoms with E-state index in [1.54, 1.807) is 0 Å². The average Bonchev–Trinajstić information content (AvgIpc) is 2.43. The van der Waals surface area contributed by atoms with Crippen molar-refractivity contribution in [3.05, 3.63) is 0 Å². The Morgan fingerprint density at radius 2 is 1.61 bits per heavy atom. The molecular weight excluding hydrogens is 331 g/mol. The number of hydrogen-bond acceptors (Lipinski definition) is 6. The third kappa shape index (κ3) is 8.05. The number of likely N-dealkylation sites (N-methyl/N-ethyl adjacent to an activating group) is 1. The topological polar surface area (TPSA) is 177 Å². The summed E-state index contributed by atoms with van der Waals surface area (Å²) in [5.41, 5.74) is 0. The number of hydrogen-bond donors (Lipinski definition) is 7. The SMILES string of the molecule is CNCC(=O)N[C@@H](CO)C(=O)N[C@@H](C)C(=O)N[C@@H](C)P(=O)(O)O. The van der Waals surface area contributed by atoms with Crippen molar-refractivity contribution in [2.24, 2.45) is 0 Å². The maximum atomic E-state index is 11.9. The molecule has 0 bridgehead atoms. The lowest BCUT2D eigenvalue weighted by molar-refractivity contribution is -0.132. The van der Waals surface area contributed by atoms with Gasteiger partial charge in [-0.05, 0) is 20.9 Å². The quantitative estimate of drug-likeness (QED) is 0.212. The van der Waals surface area contributed by atoms with Crippen LogP contribution in [0, 0.1) is 0 Å². The molecule has 0 aliphatic heterocycles. The Labute approximate surface area is 133 Å². The van der Waals surface area contributed by atoms with Gasteiger partial charge in [-0.2, -0.15) is 0 Å². The summed E-state index contributed by atoms with van der Waals surface area (Å²) in [6.45, 7) is 1.69. The van der Waals surface area contributed by atoms with Gasteiger partial charge in [-0.25, -0.2) is 0 Å². The van der Waals surface area contributed by atoms with E-state index in [2.05, 4.69) is 21.3 Å². The lowest BCUT2D eigenvalue weighted by Gasteiger charge is -2.21. The maximum Gasteiger partial charge on any atom is 0.347 e. The minimum Gasteiger partial charge on any atom is -0.394 e. The molecule has 12 heteroatoms. The van der Waals surface area contributed by atoms with E-state index in [-0.39, 0.29) is 6.54 Å². The molecule has 0 aliphatic carbocycles. The highest BCUT2D eigenvalue weighted by molar-refractivity contribution is 7.52. The Bertz CT molecular complexity index is 481. The fraction of sp³-hybridized carbons (Fsp3) is 0.727. The number of aliphatic hydroxyl groups excluding tert-OH is 1. The van der Waals surface area contributed by atoms with Crippen molar-refractivity contribution in [3.8, 4) is 0 Å². The van der Waals surface area contributed by atoms with Crippen LogP contribution in [0.5, 0.6) is 0 Å². The second-order valence-corrected chi connectivity index (χ2v) is 6.79. The second kappa shape index (κ2) is 9.58. The highest BCUT2D eigenvalue weighted by Crippen LogP contribution is 2.38. The van der Waals surface area contributed by atoms with Gasteiger partial charge in [0.2, 0.25) is 17.7 Å². The lowest BCUT2D eigenvalue weighted by Crippen LogP contribution is -2.55. The summed E-state index contributed by atoms with van der Waals surface area (Å²) in [6, 6.07) is -2.36. The molecule has 23 heavy (non-hydrogen) atoms. The molecule has 0 rings (SSSR count). The summed E-state index contributed by atoms with van der Waals surface area (Å²) in [7, 11) is -2.95. The molecule has 0 saturated heterocycles. The molecule has 0 spiro atoms. The van der Waals surface area contributed by atoms with Crippen LogP contribution in [-0.4, -0.2) is 70.7 Å². The molecule has 0 aromatic carbocycles. The second-order valence-electron chi connectivity index (χ2n) is 4.84. The van der Waals surface area contributed by atoms with E-state index in [9.17, 15) is 18.9 Å². The molecule has 11 nitrogen and oxygen atoms in total. The molecule has 134 valence electrons. The van der Waals surface area contributed by atoms with Gasteiger partial charge in [0.15, 0.2) is 0 Å². The number of aliphatic hydroxyl groups is 1. The van der Waals surface area contributed by atoms with Crippen molar-refractivity contribution >= 4 is 25.3 Å². The van der Waals surface area contributed by atoms with Gasteiger partial charge in [-0.3, -0.25) is 18.9 Å². The van der Waals surface area contributed by atoms with Crippen LogP contribution in [0.2, 0.25) is 0 Å². The Morgan fingerprint density at radius 3 is 2.04 bits per heavy atom. The van der Waals surface area contributed by atoms with Gasteiger partial charge in [-0.1, -0.05) is 0 Å². The Kier molecular flexibility index (Phi) is 8.95.